The highest BCUT2D eigenvalue weighted by atomic mass is 35.5. The first-order chi connectivity index (χ1) is 13.3. The first-order valence-electron chi connectivity index (χ1n) is 8.99. The van der Waals surface area contributed by atoms with Crippen LogP contribution in [0.3, 0.4) is 0 Å². The highest BCUT2D eigenvalue weighted by Gasteiger charge is 2.10. The molecule has 0 aliphatic rings. The molecule has 0 heterocycles. The van der Waals surface area contributed by atoms with Crippen LogP contribution in [-0.4, -0.2) is 40.3 Å². The summed E-state index contributed by atoms with van der Waals surface area (Å²) in [4.78, 5) is 4.90. The van der Waals surface area contributed by atoms with Crippen LogP contribution < -0.4 is 15.4 Å². The Balaban J connectivity index is 1.91. The van der Waals surface area contributed by atoms with Gasteiger partial charge in [0.25, 0.3) is 0 Å². The van der Waals surface area contributed by atoms with Crippen molar-refractivity contribution in [3.63, 3.8) is 0 Å². The monoisotopic (exact) mass is 423 g/mol. The Morgan fingerprint density at radius 3 is 2.46 bits per heavy atom. The quantitative estimate of drug-likeness (QED) is 0.387. The van der Waals surface area contributed by atoms with Crippen LogP contribution >= 0.6 is 11.6 Å². The van der Waals surface area contributed by atoms with Gasteiger partial charge < -0.3 is 15.4 Å². The molecule has 0 saturated heterocycles. The number of aliphatic imine (C=N–C) groups is 1. The van der Waals surface area contributed by atoms with Crippen molar-refractivity contribution in [1.82, 2.24) is 10.6 Å². The van der Waals surface area contributed by atoms with Crippen molar-refractivity contribution in [3.8, 4) is 5.75 Å². The predicted molar refractivity (Wildman–Crippen MR) is 114 cm³/mol. The third-order valence-corrected chi connectivity index (χ3v) is 5.39. The van der Waals surface area contributed by atoms with E-state index in [2.05, 4.69) is 15.6 Å². The van der Waals surface area contributed by atoms with Crippen molar-refractivity contribution < 1.29 is 13.2 Å². The molecule has 0 bridgehead atoms. The Kier molecular flexibility index (Phi) is 8.14. The van der Waals surface area contributed by atoms with Gasteiger partial charge >= 0.3 is 0 Å². The second-order valence-corrected chi connectivity index (χ2v) is 8.72. The fourth-order valence-corrected chi connectivity index (χ4v) is 3.69. The summed E-state index contributed by atoms with van der Waals surface area (Å²) in [6.07, 6.45) is 1.21. The van der Waals surface area contributed by atoms with Gasteiger partial charge in [0.15, 0.2) is 15.8 Å². The minimum atomic E-state index is -3.21. The molecule has 0 aliphatic heterocycles. The fraction of sp³-hybridized carbons (Fsp3) is 0.350. The van der Waals surface area contributed by atoms with Crippen LogP contribution in [-0.2, 0) is 16.4 Å². The van der Waals surface area contributed by atoms with E-state index < -0.39 is 9.84 Å². The van der Waals surface area contributed by atoms with Crippen molar-refractivity contribution in [2.75, 3.05) is 26.0 Å². The molecule has 0 radical (unpaired) electrons. The van der Waals surface area contributed by atoms with E-state index >= 15 is 0 Å². The third-order valence-electron chi connectivity index (χ3n) is 3.88. The molecule has 152 valence electrons. The van der Waals surface area contributed by atoms with E-state index in [0.29, 0.717) is 35.6 Å². The Labute approximate surface area is 171 Å². The summed E-state index contributed by atoms with van der Waals surface area (Å²) in [5.74, 6) is 1.43. The minimum absolute atomic E-state index is 0.351. The Bertz CT molecular complexity index is 913. The number of guanidine groups is 1. The average Bonchev–Trinajstić information content (AvgIpc) is 2.63. The summed E-state index contributed by atoms with van der Waals surface area (Å²) in [6.45, 7) is 6.02. The first kappa shape index (κ1) is 22.0. The van der Waals surface area contributed by atoms with E-state index in [1.54, 1.807) is 31.2 Å². The number of benzene rings is 2. The number of nitrogens with zero attached hydrogens (tertiary/aromatic N) is 1. The maximum Gasteiger partial charge on any atom is 0.191 e. The zero-order valence-corrected chi connectivity index (χ0v) is 17.9. The molecule has 0 aromatic heterocycles. The summed E-state index contributed by atoms with van der Waals surface area (Å²) < 4.78 is 29.1. The third kappa shape index (κ3) is 7.05. The highest BCUT2D eigenvalue weighted by molar-refractivity contribution is 7.90. The molecule has 0 saturated carbocycles. The molecule has 0 amide bonds. The summed E-state index contributed by atoms with van der Waals surface area (Å²) in [6, 6.07) is 12.5. The molecule has 8 heteroatoms. The molecular formula is C20H26ClN3O3S. The van der Waals surface area contributed by atoms with Gasteiger partial charge in [-0.05, 0) is 55.3 Å². The van der Waals surface area contributed by atoms with Crippen LogP contribution in [0.4, 0.5) is 0 Å². The molecular weight excluding hydrogens is 398 g/mol. The topological polar surface area (TPSA) is 79.8 Å². The molecule has 6 nitrogen and oxygen atoms in total. The lowest BCUT2D eigenvalue weighted by Crippen LogP contribution is -2.39. The Hall–Kier alpha value is -2.25. The van der Waals surface area contributed by atoms with Crippen molar-refractivity contribution in [3.05, 3.63) is 58.6 Å². The van der Waals surface area contributed by atoms with E-state index in [-0.39, 0.29) is 0 Å². The molecule has 0 atom stereocenters. The van der Waals surface area contributed by atoms with Crippen LogP contribution in [0.2, 0.25) is 5.02 Å². The molecule has 2 N–H and O–H groups in total. The van der Waals surface area contributed by atoms with Crippen LogP contribution in [0.25, 0.3) is 0 Å². The van der Waals surface area contributed by atoms with Gasteiger partial charge in [0.1, 0.15) is 12.4 Å². The van der Waals surface area contributed by atoms with E-state index in [9.17, 15) is 8.42 Å². The fourth-order valence-electron chi connectivity index (χ4n) is 2.61. The van der Waals surface area contributed by atoms with E-state index in [4.69, 9.17) is 16.3 Å². The molecule has 2 rings (SSSR count). The number of sulfone groups is 1. The first-order valence-corrected chi connectivity index (χ1v) is 11.3. The van der Waals surface area contributed by atoms with Crippen molar-refractivity contribution >= 4 is 27.4 Å². The van der Waals surface area contributed by atoms with Gasteiger partial charge in [0.05, 0.1) is 18.0 Å². The molecule has 0 fully saturated rings. The zero-order valence-electron chi connectivity index (χ0n) is 16.3. The number of hydrogen-bond acceptors (Lipinski definition) is 4. The summed E-state index contributed by atoms with van der Waals surface area (Å²) in [5, 5.41) is 7.07. The lowest BCUT2D eigenvalue weighted by molar-refractivity contribution is 0.322. The van der Waals surface area contributed by atoms with Crippen molar-refractivity contribution in [2.45, 2.75) is 25.3 Å². The molecule has 2 aromatic carbocycles. The number of halogens is 1. The standard InChI is InChI=1S/C20H26ClN3O3S/c1-4-22-20(23-11-12-27-18-8-6-17(21)7-9-18)24-14-16-5-10-19(15(2)13-16)28(3,25)26/h5-10,13H,4,11-12,14H2,1-3H3,(H2,22,23,24). The number of nitrogens with one attached hydrogen (secondary N) is 2. The smallest absolute Gasteiger partial charge is 0.191 e. The second-order valence-electron chi connectivity index (χ2n) is 6.30. The Morgan fingerprint density at radius 1 is 1.14 bits per heavy atom. The average molecular weight is 424 g/mol. The summed E-state index contributed by atoms with van der Waals surface area (Å²) >= 11 is 5.85. The predicted octanol–water partition coefficient (Wildman–Crippen LogP) is 3.19. The van der Waals surface area contributed by atoms with Gasteiger partial charge in [0, 0.05) is 17.8 Å². The van der Waals surface area contributed by atoms with Crippen molar-refractivity contribution in [2.24, 2.45) is 4.99 Å². The molecule has 28 heavy (non-hydrogen) atoms. The molecule has 0 spiro atoms. The number of hydrogen-bond donors (Lipinski definition) is 2. The second kappa shape index (κ2) is 10.3. The van der Waals surface area contributed by atoms with Gasteiger partial charge in [-0.2, -0.15) is 0 Å². The lowest BCUT2D eigenvalue weighted by Gasteiger charge is -2.12. The van der Waals surface area contributed by atoms with Crippen LogP contribution in [0.1, 0.15) is 18.1 Å². The van der Waals surface area contributed by atoms with E-state index in [1.165, 1.54) is 6.26 Å². The van der Waals surface area contributed by atoms with Crippen molar-refractivity contribution in [1.29, 1.82) is 0 Å². The minimum Gasteiger partial charge on any atom is -0.492 e. The molecule has 2 aromatic rings. The lowest BCUT2D eigenvalue weighted by atomic mass is 10.1. The maximum absolute atomic E-state index is 11.7. The SMILES string of the molecule is CCNC(=NCc1ccc(S(C)(=O)=O)c(C)c1)NCCOc1ccc(Cl)cc1. The largest absolute Gasteiger partial charge is 0.492 e. The van der Waals surface area contributed by atoms with E-state index in [0.717, 1.165) is 23.4 Å². The number of rotatable bonds is 8. The zero-order chi connectivity index (χ0) is 20.6. The van der Waals surface area contributed by atoms with Gasteiger partial charge in [-0.3, -0.25) is 0 Å². The van der Waals surface area contributed by atoms with Gasteiger partial charge in [-0.1, -0.05) is 23.7 Å². The van der Waals surface area contributed by atoms with Crippen LogP contribution in [0, 0.1) is 6.92 Å². The van der Waals surface area contributed by atoms with Gasteiger partial charge in [0.2, 0.25) is 0 Å². The number of aryl methyl sites for hydroxylation is 1. The number of ether oxygens (including phenoxy) is 1. The van der Waals surface area contributed by atoms with Crippen LogP contribution in [0.15, 0.2) is 52.4 Å². The Morgan fingerprint density at radius 2 is 1.86 bits per heavy atom. The summed E-state index contributed by atoms with van der Waals surface area (Å²) in [5.41, 5.74) is 1.67. The van der Waals surface area contributed by atoms with Gasteiger partial charge in [-0.15, -0.1) is 0 Å². The highest BCUT2D eigenvalue weighted by Crippen LogP contribution is 2.17. The molecule has 0 unspecified atom stereocenters. The normalized spacial score (nSPS) is 11.9. The summed E-state index contributed by atoms with van der Waals surface area (Å²) in [7, 11) is -3.21. The van der Waals surface area contributed by atoms with E-state index in [1.807, 2.05) is 25.1 Å². The maximum atomic E-state index is 11.7. The van der Waals surface area contributed by atoms with Crippen LogP contribution in [0.5, 0.6) is 5.75 Å². The van der Waals surface area contributed by atoms with Gasteiger partial charge in [-0.25, -0.2) is 13.4 Å². The molecule has 0 aliphatic carbocycles.